The second kappa shape index (κ2) is 11.1. The Labute approximate surface area is 218 Å². The SMILES string of the molecule is Cc1cn(C2CC(O)C(CSP(O)(=S)OC3CC(n4cc(C)c(=O)[nH]c4=O)OC3CO)O2)c(=O)[nH]c1=O. The Morgan fingerprint density at radius 2 is 1.54 bits per heavy atom. The largest absolute Gasteiger partial charge is 0.394 e. The third-order valence-corrected chi connectivity index (χ3v) is 10.4. The van der Waals surface area contributed by atoms with E-state index in [4.69, 9.17) is 25.8 Å². The van der Waals surface area contributed by atoms with E-state index >= 15 is 0 Å². The van der Waals surface area contributed by atoms with E-state index in [1.54, 1.807) is 0 Å². The van der Waals surface area contributed by atoms with E-state index in [9.17, 15) is 34.3 Å². The summed E-state index contributed by atoms with van der Waals surface area (Å²) in [4.78, 5) is 62.8. The van der Waals surface area contributed by atoms with Crippen LogP contribution in [0.5, 0.6) is 0 Å². The number of hydrogen-bond donors (Lipinski definition) is 5. The van der Waals surface area contributed by atoms with Gasteiger partial charge < -0.3 is 29.1 Å². The van der Waals surface area contributed by atoms with Crippen LogP contribution in [0.25, 0.3) is 0 Å². The smallest absolute Gasteiger partial charge is 0.330 e. The molecule has 0 spiro atoms. The predicted octanol–water partition coefficient (Wildman–Crippen LogP) is -1.03. The van der Waals surface area contributed by atoms with E-state index in [1.807, 2.05) is 0 Å². The van der Waals surface area contributed by atoms with Crippen molar-refractivity contribution in [3.05, 3.63) is 65.2 Å². The normalized spacial score (nSPS) is 29.4. The summed E-state index contributed by atoms with van der Waals surface area (Å²) in [5, 5.41) is 20.2. The highest BCUT2D eigenvalue weighted by Crippen LogP contribution is 2.59. The molecule has 4 heterocycles. The second-order valence-corrected chi connectivity index (χ2v) is 15.0. The van der Waals surface area contributed by atoms with Gasteiger partial charge in [0.2, 0.25) is 5.69 Å². The molecule has 17 heteroatoms. The molecule has 2 aromatic heterocycles. The van der Waals surface area contributed by atoms with Crippen LogP contribution in [0.2, 0.25) is 0 Å². The second-order valence-electron chi connectivity index (χ2n) is 8.85. The fourth-order valence-corrected chi connectivity index (χ4v) is 7.81. The molecule has 0 amide bonds. The van der Waals surface area contributed by atoms with Crippen molar-refractivity contribution in [1.29, 1.82) is 0 Å². The van der Waals surface area contributed by atoms with Gasteiger partial charge in [-0.3, -0.25) is 28.7 Å². The minimum atomic E-state index is -3.53. The van der Waals surface area contributed by atoms with Crippen LogP contribution in [0.4, 0.5) is 0 Å². The van der Waals surface area contributed by atoms with Crippen molar-refractivity contribution in [2.24, 2.45) is 0 Å². The highest BCUT2D eigenvalue weighted by molar-refractivity contribution is 8.67. The Morgan fingerprint density at radius 3 is 2.08 bits per heavy atom. The van der Waals surface area contributed by atoms with Crippen LogP contribution in [0.3, 0.4) is 0 Å². The lowest BCUT2D eigenvalue weighted by atomic mass is 10.2. The molecule has 7 atom stereocenters. The maximum absolute atomic E-state index is 12.2. The van der Waals surface area contributed by atoms with Crippen molar-refractivity contribution in [2.75, 3.05) is 12.4 Å². The fraction of sp³-hybridized carbons (Fsp3) is 0.600. The van der Waals surface area contributed by atoms with Gasteiger partial charge in [-0.05, 0) is 25.7 Å². The van der Waals surface area contributed by atoms with Crippen LogP contribution in [0, 0.1) is 13.8 Å². The molecule has 0 radical (unpaired) electrons. The summed E-state index contributed by atoms with van der Waals surface area (Å²) >= 11 is 6.14. The van der Waals surface area contributed by atoms with Gasteiger partial charge in [0, 0.05) is 42.1 Å². The number of aromatic amines is 2. The first-order chi connectivity index (χ1) is 17.4. The van der Waals surface area contributed by atoms with Crippen LogP contribution in [0.15, 0.2) is 31.6 Å². The number of nitrogens with one attached hydrogen (secondary N) is 2. The van der Waals surface area contributed by atoms with Crippen molar-refractivity contribution in [1.82, 2.24) is 19.1 Å². The molecule has 2 aromatic rings. The molecule has 14 nitrogen and oxygen atoms in total. The Bertz CT molecular complexity index is 1440. The van der Waals surface area contributed by atoms with Crippen LogP contribution in [-0.4, -0.2) is 71.0 Å². The molecule has 0 aromatic carbocycles. The standard InChI is InChI=1S/C20H27N4O10PS2/c1-9-5-23(19(29)21-17(9)27)15-3-11(26)14(33-15)8-37-35(31,36)34-12-4-16(32-13(12)7-25)24-6-10(2)18(28)22-20(24)30/h5-6,11-16,25-26H,3-4,7-8H2,1-2H3,(H,31,36)(H,21,27,29)(H,22,28,30). The van der Waals surface area contributed by atoms with Crippen molar-refractivity contribution in [2.45, 2.75) is 63.6 Å². The number of rotatable bonds is 8. The number of aromatic nitrogens is 4. The van der Waals surface area contributed by atoms with Gasteiger partial charge in [-0.1, -0.05) is 11.4 Å². The molecule has 5 N–H and O–H groups in total. The minimum Gasteiger partial charge on any atom is -0.394 e. The Balaban J connectivity index is 1.39. The van der Waals surface area contributed by atoms with E-state index in [-0.39, 0.29) is 18.6 Å². The molecule has 2 aliphatic heterocycles. The highest BCUT2D eigenvalue weighted by atomic mass is 32.9. The molecule has 4 rings (SSSR count). The summed E-state index contributed by atoms with van der Waals surface area (Å²) in [6.07, 6.45) is -2.28. The number of H-pyrrole nitrogens is 2. The maximum atomic E-state index is 12.2. The predicted molar refractivity (Wildman–Crippen MR) is 136 cm³/mol. The van der Waals surface area contributed by atoms with Gasteiger partial charge in [0.1, 0.15) is 18.6 Å². The van der Waals surface area contributed by atoms with E-state index in [1.165, 1.54) is 35.4 Å². The zero-order valence-electron chi connectivity index (χ0n) is 19.8. The van der Waals surface area contributed by atoms with Gasteiger partial charge in [-0.15, -0.1) is 0 Å². The van der Waals surface area contributed by atoms with Gasteiger partial charge in [0.25, 0.3) is 11.1 Å². The first-order valence-corrected chi connectivity index (χ1v) is 15.5. The fourth-order valence-electron chi connectivity index (χ4n) is 4.15. The van der Waals surface area contributed by atoms with Crippen LogP contribution in [0.1, 0.15) is 36.4 Å². The highest BCUT2D eigenvalue weighted by Gasteiger charge is 2.41. The molecule has 204 valence electrons. The van der Waals surface area contributed by atoms with E-state index in [2.05, 4.69) is 9.97 Å². The van der Waals surface area contributed by atoms with E-state index < -0.39 is 71.7 Å². The van der Waals surface area contributed by atoms with Crippen LogP contribution >= 0.6 is 17.1 Å². The number of aliphatic hydroxyl groups is 2. The Kier molecular flexibility index (Phi) is 8.43. The third-order valence-electron chi connectivity index (χ3n) is 6.15. The molecule has 2 fully saturated rings. The van der Waals surface area contributed by atoms with Crippen LogP contribution in [-0.2, 0) is 25.8 Å². The molecule has 37 heavy (non-hydrogen) atoms. The average Bonchev–Trinajstić information content (AvgIpc) is 3.39. The molecule has 7 unspecified atom stereocenters. The summed E-state index contributed by atoms with van der Waals surface area (Å²) in [6, 6.07) is 0. The number of hydrogen-bond acceptors (Lipinski definition) is 11. The van der Waals surface area contributed by atoms with Gasteiger partial charge in [-0.2, -0.15) is 0 Å². The topological polar surface area (TPSA) is 198 Å². The molecule has 2 aliphatic rings. The summed E-state index contributed by atoms with van der Waals surface area (Å²) in [7, 11) is 0. The summed E-state index contributed by atoms with van der Waals surface area (Å²) in [5.41, 5.74) is -5.31. The van der Waals surface area contributed by atoms with Gasteiger partial charge in [0.05, 0.1) is 24.9 Å². The molecule has 2 saturated heterocycles. The molecule has 0 bridgehead atoms. The zero-order chi connectivity index (χ0) is 27.1. The average molecular weight is 579 g/mol. The van der Waals surface area contributed by atoms with Crippen molar-refractivity contribution < 1.29 is 29.1 Å². The summed E-state index contributed by atoms with van der Waals surface area (Å²) < 4.78 is 19.6. The van der Waals surface area contributed by atoms with Gasteiger partial charge in [0.15, 0.2) is 0 Å². The third kappa shape index (κ3) is 6.24. The van der Waals surface area contributed by atoms with Gasteiger partial charge in [-0.25, -0.2) is 9.59 Å². The number of aliphatic hydroxyl groups excluding tert-OH is 2. The number of ether oxygens (including phenoxy) is 2. The molecular weight excluding hydrogens is 551 g/mol. The van der Waals surface area contributed by atoms with Gasteiger partial charge >= 0.3 is 11.4 Å². The van der Waals surface area contributed by atoms with Crippen molar-refractivity contribution >= 4 is 28.9 Å². The first-order valence-electron chi connectivity index (χ1n) is 11.3. The summed E-state index contributed by atoms with van der Waals surface area (Å²) in [5.74, 6) is 0.0436. The van der Waals surface area contributed by atoms with E-state index in [0.29, 0.717) is 11.1 Å². The maximum Gasteiger partial charge on any atom is 0.330 e. The monoisotopic (exact) mass is 578 g/mol. The Morgan fingerprint density at radius 1 is 1.03 bits per heavy atom. The summed E-state index contributed by atoms with van der Waals surface area (Å²) in [6.45, 7) is 2.61. The van der Waals surface area contributed by atoms with Crippen molar-refractivity contribution in [3.63, 3.8) is 0 Å². The van der Waals surface area contributed by atoms with Crippen LogP contribution < -0.4 is 22.5 Å². The lowest BCUT2D eigenvalue weighted by molar-refractivity contribution is -0.0417. The minimum absolute atomic E-state index is 0.0436. The quantitative estimate of drug-likeness (QED) is 0.239. The zero-order valence-corrected chi connectivity index (χ0v) is 22.3. The molecular formula is C20H27N4O10PS2. The molecule has 0 aliphatic carbocycles. The molecule has 0 saturated carbocycles. The lowest BCUT2D eigenvalue weighted by Crippen LogP contribution is -2.33. The lowest BCUT2D eigenvalue weighted by Gasteiger charge is -2.24. The first kappa shape index (κ1) is 28.1. The van der Waals surface area contributed by atoms with E-state index in [0.717, 1.165) is 11.4 Å². The van der Waals surface area contributed by atoms with Crippen molar-refractivity contribution in [3.8, 4) is 0 Å². The number of nitrogens with zero attached hydrogens (tertiary/aromatic N) is 2. The Hall–Kier alpha value is -1.88. The number of aryl methyl sites for hydroxylation is 2.